The van der Waals surface area contributed by atoms with Crippen LogP contribution >= 0.6 is 0 Å². The average molecular weight is 348 g/mol. The van der Waals surface area contributed by atoms with Gasteiger partial charge in [-0.2, -0.15) is 0 Å². The van der Waals surface area contributed by atoms with Gasteiger partial charge in [0.25, 0.3) is 5.91 Å². The zero-order valence-corrected chi connectivity index (χ0v) is 14.5. The predicted octanol–water partition coefficient (Wildman–Crippen LogP) is 4.05. The van der Waals surface area contributed by atoms with E-state index in [4.69, 9.17) is 4.52 Å². The molecule has 2 heterocycles. The first-order valence-electron chi connectivity index (χ1n) is 8.61. The standard InChI is InChI=1S/C19H22F2N2O2/c1-12-18(13(2)25-22-12)19(24)23-9-3-4-14(11-23)5-6-15-7-8-16(20)10-17(15)21/h7-8,10,14H,3-6,9,11H2,1-2H3. The van der Waals surface area contributed by atoms with Gasteiger partial charge in [0.05, 0.1) is 5.69 Å². The van der Waals surface area contributed by atoms with Crippen molar-refractivity contribution in [1.82, 2.24) is 10.1 Å². The third-order valence-electron chi connectivity index (χ3n) is 4.89. The summed E-state index contributed by atoms with van der Waals surface area (Å²) in [4.78, 5) is 14.6. The second-order valence-electron chi connectivity index (χ2n) is 6.73. The van der Waals surface area contributed by atoms with Crippen LogP contribution in [-0.4, -0.2) is 29.1 Å². The number of aryl methyl sites for hydroxylation is 3. The van der Waals surface area contributed by atoms with Gasteiger partial charge in [0, 0.05) is 19.2 Å². The van der Waals surface area contributed by atoms with Crippen molar-refractivity contribution in [3.63, 3.8) is 0 Å². The van der Waals surface area contributed by atoms with Gasteiger partial charge in [0.2, 0.25) is 0 Å². The first-order chi connectivity index (χ1) is 12.0. The van der Waals surface area contributed by atoms with Crippen LogP contribution in [0, 0.1) is 31.4 Å². The predicted molar refractivity (Wildman–Crippen MR) is 89.3 cm³/mol. The molecule has 6 heteroatoms. The van der Waals surface area contributed by atoms with Crippen molar-refractivity contribution in [2.75, 3.05) is 13.1 Å². The minimum Gasteiger partial charge on any atom is -0.361 e. The van der Waals surface area contributed by atoms with Crippen LogP contribution in [-0.2, 0) is 6.42 Å². The quantitative estimate of drug-likeness (QED) is 0.837. The lowest BCUT2D eigenvalue weighted by molar-refractivity contribution is 0.0665. The van der Waals surface area contributed by atoms with Crippen LogP contribution in [0.15, 0.2) is 22.7 Å². The molecule has 4 nitrogen and oxygen atoms in total. The van der Waals surface area contributed by atoms with Crippen molar-refractivity contribution in [1.29, 1.82) is 0 Å². The van der Waals surface area contributed by atoms with E-state index < -0.39 is 11.6 Å². The molecule has 1 saturated heterocycles. The fourth-order valence-electron chi connectivity index (χ4n) is 3.52. The van der Waals surface area contributed by atoms with Crippen molar-refractivity contribution >= 4 is 5.91 Å². The van der Waals surface area contributed by atoms with Gasteiger partial charge in [-0.15, -0.1) is 0 Å². The van der Waals surface area contributed by atoms with Crippen molar-refractivity contribution in [3.8, 4) is 0 Å². The van der Waals surface area contributed by atoms with Gasteiger partial charge >= 0.3 is 0 Å². The lowest BCUT2D eigenvalue weighted by Crippen LogP contribution is -2.40. The van der Waals surface area contributed by atoms with Crippen LogP contribution < -0.4 is 0 Å². The number of rotatable bonds is 4. The molecule has 1 unspecified atom stereocenters. The highest BCUT2D eigenvalue weighted by molar-refractivity contribution is 5.96. The average Bonchev–Trinajstić information content (AvgIpc) is 2.92. The first-order valence-corrected chi connectivity index (χ1v) is 8.61. The zero-order valence-electron chi connectivity index (χ0n) is 14.5. The summed E-state index contributed by atoms with van der Waals surface area (Å²) in [5, 5.41) is 3.85. The van der Waals surface area contributed by atoms with E-state index in [1.165, 1.54) is 12.1 Å². The molecule has 0 aliphatic carbocycles. The van der Waals surface area contributed by atoms with Gasteiger partial charge in [-0.05, 0) is 57.1 Å². The third kappa shape index (κ3) is 3.89. The number of carbonyl (C=O) groups excluding carboxylic acids is 1. The molecule has 2 aromatic rings. The van der Waals surface area contributed by atoms with Crippen molar-refractivity contribution in [3.05, 3.63) is 52.4 Å². The Morgan fingerprint density at radius 2 is 2.16 bits per heavy atom. The van der Waals surface area contributed by atoms with E-state index in [2.05, 4.69) is 5.16 Å². The van der Waals surface area contributed by atoms with Gasteiger partial charge in [-0.1, -0.05) is 11.2 Å². The molecule has 25 heavy (non-hydrogen) atoms. The van der Waals surface area contributed by atoms with E-state index >= 15 is 0 Å². The van der Waals surface area contributed by atoms with Crippen molar-refractivity contribution in [2.24, 2.45) is 5.92 Å². The van der Waals surface area contributed by atoms with Gasteiger partial charge < -0.3 is 9.42 Å². The van der Waals surface area contributed by atoms with E-state index in [0.29, 0.717) is 48.0 Å². The third-order valence-corrected chi connectivity index (χ3v) is 4.89. The Morgan fingerprint density at radius 1 is 1.36 bits per heavy atom. The molecular weight excluding hydrogens is 326 g/mol. The smallest absolute Gasteiger partial charge is 0.259 e. The largest absolute Gasteiger partial charge is 0.361 e. The normalized spacial score (nSPS) is 17.8. The number of aromatic nitrogens is 1. The summed E-state index contributed by atoms with van der Waals surface area (Å²) in [5.41, 5.74) is 1.68. The molecule has 134 valence electrons. The minimum atomic E-state index is -0.560. The van der Waals surface area contributed by atoms with Crippen LogP contribution in [0.5, 0.6) is 0 Å². The number of amides is 1. The number of halogens is 2. The van der Waals surface area contributed by atoms with E-state index in [1.54, 1.807) is 13.8 Å². The van der Waals surface area contributed by atoms with Crippen LogP contribution in [0.25, 0.3) is 0 Å². The molecule has 1 atom stereocenters. The molecule has 0 bridgehead atoms. The maximum atomic E-state index is 13.8. The maximum absolute atomic E-state index is 13.8. The molecule has 1 fully saturated rings. The van der Waals surface area contributed by atoms with Gasteiger partial charge in [0.1, 0.15) is 23.0 Å². The Labute approximate surface area is 145 Å². The molecule has 0 N–H and O–H groups in total. The number of benzene rings is 1. The molecule has 1 aliphatic heterocycles. The molecule has 1 aromatic carbocycles. The Morgan fingerprint density at radius 3 is 2.84 bits per heavy atom. The second kappa shape index (κ2) is 7.33. The molecule has 0 spiro atoms. The molecule has 0 radical (unpaired) electrons. The van der Waals surface area contributed by atoms with Crippen LogP contribution in [0.3, 0.4) is 0 Å². The fourth-order valence-corrected chi connectivity index (χ4v) is 3.52. The second-order valence-corrected chi connectivity index (χ2v) is 6.73. The number of likely N-dealkylation sites (tertiary alicyclic amines) is 1. The van der Waals surface area contributed by atoms with E-state index in [0.717, 1.165) is 25.3 Å². The highest BCUT2D eigenvalue weighted by atomic mass is 19.1. The Balaban J connectivity index is 1.62. The lowest BCUT2D eigenvalue weighted by Gasteiger charge is -2.33. The first kappa shape index (κ1) is 17.6. The SMILES string of the molecule is Cc1noc(C)c1C(=O)N1CCCC(CCc2ccc(F)cc2F)C1. The minimum absolute atomic E-state index is 0.0473. The number of carbonyl (C=O) groups is 1. The summed E-state index contributed by atoms with van der Waals surface area (Å²) in [6, 6.07) is 3.70. The molecule has 1 amide bonds. The van der Waals surface area contributed by atoms with Crippen LogP contribution in [0.4, 0.5) is 8.78 Å². The summed E-state index contributed by atoms with van der Waals surface area (Å²) >= 11 is 0. The van der Waals surface area contributed by atoms with Crippen molar-refractivity contribution in [2.45, 2.75) is 39.5 Å². The van der Waals surface area contributed by atoms with Gasteiger partial charge in [-0.3, -0.25) is 4.79 Å². The van der Waals surface area contributed by atoms with E-state index in [9.17, 15) is 13.6 Å². The Kier molecular flexibility index (Phi) is 5.16. The molecule has 1 aliphatic rings. The maximum Gasteiger partial charge on any atom is 0.259 e. The summed E-state index contributed by atoms with van der Waals surface area (Å²) in [6.07, 6.45) is 3.25. The summed E-state index contributed by atoms with van der Waals surface area (Å²) < 4.78 is 31.8. The number of hydrogen-bond donors (Lipinski definition) is 0. The van der Waals surface area contributed by atoms with Crippen molar-refractivity contribution < 1.29 is 18.1 Å². The summed E-state index contributed by atoms with van der Waals surface area (Å²) in [7, 11) is 0. The van der Waals surface area contributed by atoms with E-state index in [1.807, 2.05) is 4.90 Å². The lowest BCUT2D eigenvalue weighted by atomic mass is 9.91. The molecule has 0 saturated carbocycles. The Bertz CT molecular complexity index is 753. The van der Waals surface area contributed by atoms with Gasteiger partial charge in [-0.25, -0.2) is 8.78 Å². The topological polar surface area (TPSA) is 46.3 Å². The van der Waals surface area contributed by atoms with Crippen LogP contribution in [0.1, 0.15) is 46.6 Å². The summed E-state index contributed by atoms with van der Waals surface area (Å²) in [5.74, 6) is -0.260. The zero-order chi connectivity index (χ0) is 18.0. The Hall–Kier alpha value is -2.24. The fraction of sp³-hybridized carbons (Fsp3) is 0.474. The molecule has 3 rings (SSSR count). The van der Waals surface area contributed by atoms with E-state index in [-0.39, 0.29) is 5.91 Å². The molecular formula is C19H22F2N2O2. The highest BCUT2D eigenvalue weighted by Gasteiger charge is 2.28. The van der Waals surface area contributed by atoms with Gasteiger partial charge in [0.15, 0.2) is 0 Å². The number of piperidine rings is 1. The number of hydrogen-bond acceptors (Lipinski definition) is 3. The number of nitrogens with zero attached hydrogens (tertiary/aromatic N) is 2. The van der Waals surface area contributed by atoms with Crippen LogP contribution in [0.2, 0.25) is 0 Å². The summed E-state index contributed by atoms with van der Waals surface area (Å²) in [6.45, 7) is 4.87. The monoisotopic (exact) mass is 348 g/mol. The molecule has 1 aromatic heterocycles. The highest BCUT2D eigenvalue weighted by Crippen LogP contribution is 2.25.